The van der Waals surface area contributed by atoms with Crippen LogP contribution in [-0.4, -0.2) is 22.3 Å². The predicted molar refractivity (Wildman–Crippen MR) is 88.4 cm³/mol. The van der Waals surface area contributed by atoms with Crippen LogP contribution in [0, 0.1) is 0 Å². The Kier molecular flexibility index (Phi) is 4.32. The molecule has 1 aromatic carbocycles. The van der Waals surface area contributed by atoms with Gasteiger partial charge in [0.25, 0.3) is 5.91 Å². The molecule has 2 N–H and O–H groups in total. The van der Waals surface area contributed by atoms with Crippen molar-refractivity contribution in [3.05, 3.63) is 63.4 Å². The number of nitrogens with one attached hydrogen (secondary N) is 2. The molecule has 0 unspecified atom stereocenters. The summed E-state index contributed by atoms with van der Waals surface area (Å²) in [5.74, 6) is -0.347. The molecule has 0 radical (unpaired) electrons. The first-order chi connectivity index (χ1) is 10.7. The van der Waals surface area contributed by atoms with E-state index in [2.05, 4.69) is 20.7 Å². The minimum Gasteiger partial charge on any atom is -0.272 e. The van der Waals surface area contributed by atoms with E-state index in [0.29, 0.717) is 16.4 Å². The Bertz CT molecular complexity index is 793. The molecule has 0 atom stereocenters. The summed E-state index contributed by atoms with van der Waals surface area (Å²) in [5, 5.41) is 13.3. The van der Waals surface area contributed by atoms with E-state index in [4.69, 9.17) is 11.6 Å². The number of aromatic amines is 1. The predicted octanol–water partition coefficient (Wildman–Crippen LogP) is 3.56. The van der Waals surface area contributed by atoms with Crippen LogP contribution in [-0.2, 0) is 0 Å². The number of thiophene rings is 1. The summed E-state index contributed by atoms with van der Waals surface area (Å²) in [4.78, 5) is 12.9. The molecule has 2 heterocycles. The molecule has 0 aliphatic heterocycles. The highest BCUT2D eigenvalue weighted by Gasteiger charge is 2.10. The van der Waals surface area contributed by atoms with Gasteiger partial charge in [0.05, 0.1) is 11.9 Å². The second-order valence-electron chi connectivity index (χ2n) is 4.39. The Morgan fingerprint density at radius 3 is 2.86 bits per heavy atom. The van der Waals surface area contributed by atoms with Gasteiger partial charge in [0, 0.05) is 15.5 Å². The maximum absolute atomic E-state index is 12.0. The van der Waals surface area contributed by atoms with Crippen molar-refractivity contribution in [1.82, 2.24) is 15.6 Å². The average molecular weight is 331 g/mol. The lowest BCUT2D eigenvalue weighted by Crippen LogP contribution is -2.17. The normalized spacial score (nSPS) is 11.0. The SMILES string of the molecule is O=C(NN=Cc1cccs1)c1cc(-c2ccc(Cl)cc2)n[nH]1. The lowest BCUT2D eigenvalue weighted by Gasteiger charge is -1.95. The summed E-state index contributed by atoms with van der Waals surface area (Å²) < 4.78 is 0. The smallest absolute Gasteiger partial charge is 0.272 e. The summed E-state index contributed by atoms with van der Waals surface area (Å²) in [6.07, 6.45) is 1.60. The Morgan fingerprint density at radius 2 is 2.14 bits per heavy atom. The van der Waals surface area contributed by atoms with Gasteiger partial charge in [-0.05, 0) is 29.6 Å². The third-order valence-corrected chi connectivity index (χ3v) is 3.92. The number of aromatic nitrogens is 2. The number of benzene rings is 1. The van der Waals surface area contributed by atoms with Gasteiger partial charge in [0.1, 0.15) is 5.69 Å². The van der Waals surface area contributed by atoms with Crippen molar-refractivity contribution in [2.24, 2.45) is 5.10 Å². The van der Waals surface area contributed by atoms with Crippen LogP contribution in [0.4, 0.5) is 0 Å². The van der Waals surface area contributed by atoms with Crippen molar-refractivity contribution in [2.45, 2.75) is 0 Å². The molecule has 3 aromatic rings. The molecule has 0 saturated carbocycles. The lowest BCUT2D eigenvalue weighted by molar-refractivity contribution is 0.0950. The second kappa shape index (κ2) is 6.55. The molecule has 0 bridgehead atoms. The van der Waals surface area contributed by atoms with Crippen LogP contribution in [0.15, 0.2) is 52.9 Å². The Labute approximate surface area is 135 Å². The fraction of sp³-hybridized carbons (Fsp3) is 0. The largest absolute Gasteiger partial charge is 0.289 e. The van der Waals surface area contributed by atoms with Crippen molar-refractivity contribution in [2.75, 3.05) is 0 Å². The number of carbonyl (C=O) groups excluding carboxylic acids is 1. The zero-order valence-electron chi connectivity index (χ0n) is 11.3. The summed E-state index contributed by atoms with van der Waals surface area (Å²) >= 11 is 7.39. The monoisotopic (exact) mass is 330 g/mol. The van der Waals surface area contributed by atoms with Crippen LogP contribution >= 0.6 is 22.9 Å². The summed E-state index contributed by atoms with van der Waals surface area (Å²) in [5.41, 5.74) is 4.34. The molecule has 2 aromatic heterocycles. The van der Waals surface area contributed by atoms with Crippen molar-refractivity contribution in [1.29, 1.82) is 0 Å². The molecular formula is C15H11ClN4OS. The molecule has 0 spiro atoms. The van der Waals surface area contributed by atoms with Crippen molar-refractivity contribution in [3.63, 3.8) is 0 Å². The van der Waals surface area contributed by atoms with Crippen LogP contribution in [0.3, 0.4) is 0 Å². The second-order valence-corrected chi connectivity index (χ2v) is 5.80. The van der Waals surface area contributed by atoms with Crippen molar-refractivity contribution < 1.29 is 4.79 Å². The molecular weight excluding hydrogens is 320 g/mol. The molecule has 5 nitrogen and oxygen atoms in total. The first kappa shape index (κ1) is 14.5. The van der Waals surface area contributed by atoms with Gasteiger partial charge in [-0.2, -0.15) is 10.2 Å². The van der Waals surface area contributed by atoms with Gasteiger partial charge in [-0.1, -0.05) is 29.8 Å². The Hall–Kier alpha value is -2.44. The number of halogens is 1. The van der Waals surface area contributed by atoms with Gasteiger partial charge in [-0.15, -0.1) is 11.3 Å². The molecule has 22 heavy (non-hydrogen) atoms. The van der Waals surface area contributed by atoms with E-state index in [1.54, 1.807) is 35.8 Å². The van der Waals surface area contributed by atoms with E-state index < -0.39 is 0 Å². The van der Waals surface area contributed by atoms with Crippen LogP contribution in [0.5, 0.6) is 0 Å². The molecule has 0 fully saturated rings. The van der Waals surface area contributed by atoms with Gasteiger partial charge in [0.2, 0.25) is 0 Å². The van der Waals surface area contributed by atoms with E-state index in [0.717, 1.165) is 10.4 Å². The Balaban J connectivity index is 1.68. The van der Waals surface area contributed by atoms with Crippen LogP contribution < -0.4 is 5.43 Å². The highest BCUT2D eigenvalue weighted by Crippen LogP contribution is 2.20. The molecule has 0 saturated heterocycles. The molecule has 7 heteroatoms. The number of nitrogens with zero attached hydrogens (tertiary/aromatic N) is 2. The van der Waals surface area contributed by atoms with Crippen LogP contribution in [0.1, 0.15) is 15.4 Å². The molecule has 110 valence electrons. The standard InChI is InChI=1S/C15H11ClN4OS/c16-11-5-3-10(4-6-11)13-8-14(19-18-13)15(21)20-17-9-12-2-1-7-22-12/h1-9H,(H,18,19)(H,20,21). The van der Waals surface area contributed by atoms with Crippen LogP contribution in [0.2, 0.25) is 5.02 Å². The summed E-state index contributed by atoms with van der Waals surface area (Å²) in [6.45, 7) is 0. The maximum atomic E-state index is 12.0. The molecule has 0 aliphatic carbocycles. The third kappa shape index (κ3) is 3.41. The first-order valence-electron chi connectivity index (χ1n) is 6.40. The number of hydrogen-bond donors (Lipinski definition) is 2. The van der Waals surface area contributed by atoms with E-state index in [-0.39, 0.29) is 5.91 Å². The van der Waals surface area contributed by atoms with E-state index in [1.165, 1.54) is 0 Å². The van der Waals surface area contributed by atoms with E-state index >= 15 is 0 Å². The third-order valence-electron chi connectivity index (χ3n) is 2.86. The molecule has 0 aliphatic rings. The van der Waals surface area contributed by atoms with Crippen molar-refractivity contribution >= 4 is 35.1 Å². The Morgan fingerprint density at radius 1 is 1.32 bits per heavy atom. The minimum atomic E-state index is -0.347. The first-order valence-corrected chi connectivity index (χ1v) is 7.66. The van der Waals surface area contributed by atoms with E-state index in [9.17, 15) is 4.79 Å². The van der Waals surface area contributed by atoms with Gasteiger partial charge in [-0.3, -0.25) is 9.89 Å². The number of amides is 1. The number of hydrazone groups is 1. The number of rotatable bonds is 4. The average Bonchev–Trinajstić information content (AvgIpc) is 3.19. The quantitative estimate of drug-likeness (QED) is 0.567. The zero-order valence-corrected chi connectivity index (χ0v) is 12.9. The lowest BCUT2D eigenvalue weighted by atomic mass is 10.1. The number of carbonyl (C=O) groups is 1. The van der Waals surface area contributed by atoms with Gasteiger partial charge in [-0.25, -0.2) is 5.43 Å². The fourth-order valence-electron chi connectivity index (χ4n) is 1.79. The van der Waals surface area contributed by atoms with E-state index in [1.807, 2.05) is 29.6 Å². The fourth-order valence-corrected chi connectivity index (χ4v) is 2.50. The molecule has 1 amide bonds. The number of hydrogen-bond acceptors (Lipinski definition) is 4. The van der Waals surface area contributed by atoms with Gasteiger partial charge < -0.3 is 0 Å². The topological polar surface area (TPSA) is 70.1 Å². The summed E-state index contributed by atoms with van der Waals surface area (Å²) in [7, 11) is 0. The van der Waals surface area contributed by atoms with Gasteiger partial charge >= 0.3 is 0 Å². The van der Waals surface area contributed by atoms with Gasteiger partial charge in [0.15, 0.2) is 0 Å². The zero-order chi connectivity index (χ0) is 15.4. The maximum Gasteiger partial charge on any atom is 0.289 e. The number of H-pyrrole nitrogens is 1. The highest BCUT2D eigenvalue weighted by atomic mass is 35.5. The minimum absolute atomic E-state index is 0.341. The van der Waals surface area contributed by atoms with Crippen LogP contribution in [0.25, 0.3) is 11.3 Å². The molecule has 3 rings (SSSR count). The summed E-state index contributed by atoms with van der Waals surface area (Å²) in [6, 6.07) is 12.7. The highest BCUT2D eigenvalue weighted by molar-refractivity contribution is 7.11. The van der Waals surface area contributed by atoms with Crippen molar-refractivity contribution in [3.8, 4) is 11.3 Å².